The van der Waals surface area contributed by atoms with Gasteiger partial charge in [-0.2, -0.15) is 18.4 Å². The number of nitro groups is 1. The van der Waals surface area contributed by atoms with E-state index in [2.05, 4.69) is 15.6 Å². The summed E-state index contributed by atoms with van der Waals surface area (Å²) >= 11 is 0. The Labute approximate surface area is 212 Å². The van der Waals surface area contributed by atoms with Crippen LogP contribution in [0, 0.1) is 21.4 Å². The summed E-state index contributed by atoms with van der Waals surface area (Å²) in [5.74, 6) is -2.76. The lowest BCUT2D eigenvalue weighted by molar-refractivity contribution is -0.384. The lowest BCUT2D eigenvalue weighted by Crippen LogP contribution is -2.21. The molecule has 0 aliphatic rings. The molecule has 4 aromatic rings. The molecule has 2 heterocycles. The molecule has 0 saturated heterocycles. The molecule has 0 amide bonds. The second-order valence-electron chi connectivity index (χ2n) is 7.93. The smallest absolute Gasteiger partial charge is 0.475 e. The zero-order valence-corrected chi connectivity index (χ0v) is 19.6. The van der Waals surface area contributed by atoms with Crippen LogP contribution in [-0.4, -0.2) is 42.8 Å². The fraction of sp³-hybridized carbons (Fsp3) is 0.208. The maximum atomic E-state index is 12.8. The third-order valence-corrected chi connectivity index (χ3v) is 5.45. The average molecular weight is 530 g/mol. The van der Waals surface area contributed by atoms with E-state index < -0.39 is 22.8 Å². The minimum atomic E-state index is -5.08. The fourth-order valence-corrected chi connectivity index (χ4v) is 3.81. The number of nitrogens with one attached hydrogen (secondary N) is 1. The maximum Gasteiger partial charge on any atom is 0.490 e. The Bertz CT molecular complexity index is 1580. The molecule has 0 aliphatic carbocycles. The van der Waals surface area contributed by atoms with Crippen LogP contribution in [-0.2, 0) is 11.3 Å². The van der Waals surface area contributed by atoms with Gasteiger partial charge >= 0.3 is 17.8 Å². The van der Waals surface area contributed by atoms with Gasteiger partial charge in [-0.25, -0.2) is 9.59 Å². The van der Waals surface area contributed by atoms with Crippen molar-refractivity contribution in [1.82, 2.24) is 14.1 Å². The first-order valence-corrected chi connectivity index (χ1v) is 11.1. The third-order valence-electron chi connectivity index (χ3n) is 5.45. The number of benzene rings is 2. The number of nitriles is 1. The Kier molecular flexibility index (Phi) is 8.33. The van der Waals surface area contributed by atoms with Gasteiger partial charge in [-0.05, 0) is 31.5 Å². The monoisotopic (exact) mass is 530 g/mol. The van der Waals surface area contributed by atoms with Crippen LogP contribution in [0.5, 0.6) is 0 Å². The van der Waals surface area contributed by atoms with Gasteiger partial charge in [0.05, 0.1) is 16.3 Å². The Morgan fingerprint density at radius 1 is 1.18 bits per heavy atom. The van der Waals surface area contributed by atoms with Gasteiger partial charge in [-0.15, -0.1) is 0 Å². The van der Waals surface area contributed by atoms with Crippen LogP contribution in [0.3, 0.4) is 0 Å². The molecule has 2 aromatic heterocycles. The number of fused-ring (bicyclic) bond motifs is 1. The van der Waals surface area contributed by atoms with Gasteiger partial charge in [0.2, 0.25) is 0 Å². The topological polar surface area (TPSA) is 173 Å². The molecule has 0 bridgehead atoms. The first kappa shape index (κ1) is 27.7. The molecule has 0 atom stereocenters. The second-order valence-corrected chi connectivity index (χ2v) is 7.93. The summed E-state index contributed by atoms with van der Waals surface area (Å²) in [5, 5.41) is 28.9. The highest BCUT2D eigenvalue weighted by atomic mass is 19.4. The number of aromatic amines is 1. The number of aryl methyl sites for hydroxylation is 1. The van der Waals surface area contributed by atoms with Crippen molar-refractivity contribution in [1.29, 1.82) is 5.26 Å². The van der Waals surface area contributed by atoms with Crippen LogP contribution in [0.4, 0.5) is 18.9 Å². The van der Waals surface area contributed by atoms with Crippen molar-refractivity contribution in [2.75, 3.05) is 6.54 Å². The van der Waals surface area contributed by atoms with E-state index in [0.717, 1.165) is 30.3 Å². The molecule has 0 unspecified atom stereocenters. The summed E-state index contributed by atoms with van der Waals surface area (Å²) < 4.78 is 35.1. The standard InChI is InChI=1S/C22H20N6O3.C2HF3O2/c23-10-3-4-11-26-14-18(17-8-1-2-9-20(17)26)21-19(13-24)25-22(29)27(21)15-6-5-7-16(12-15)28(30)31;3-2(4,5)1(6)7/h1-2,5-9,12,14H,3-4,10-11,23H2,(H,25,29);(H,6,7). The van der Waals surface area contributed by atoms with Crippen molar-refractivity contribution >= 4 is 22.6 Å². The highest BCUT2D eigenvalue weighted by Gasteiger charge is 2.38. The molecular weight excluding hydrogens is 509 g/mol. The highest BCUT2D eigenvalue weighted by Crippen LogP contribution is 2.33. The van der Waals surface area contributed by atoms with Crippen molar-refractivity contribution in [2.45, 2.75) is 25.6 Å². The van der Waals surface area contributed by atoms with Gasteiger partial charge in [0.25, 0.3) is 5.69 Å². The molecule has 11 nitrogen and oxygen atoms in total. The van der Waals surface area contributed by atoms with Crippen molar-refractivity contribution in [3.63, 3.8) is 0 Å². The number of H-pyrrole nitrogens is 1. The van der Waals surface area contributed by atoms with E-state index in [9.17, 15) is 33.3 Å². The van der Waals surface area contributed by atoms with Crippen LogP contribution in [0.25, 0.3) is 27.8 Å². The normalized spacial score (nSPS) is 11.0. The Hall–Kier alpha value is -4.90. The first-order valence-electron chi connectivity index (χ1n) is 11.1. The number of carboxylic acid groups (broad SMARTS) is 1. The molecular formula is C24H21F3N6O5. The lowest BCUT2D eigenvalue weighted by atomic mass is 10.1. The van der Waals surface area contributed by atoms with Gasteiger partial charge in [0, 0.05) is 41.3 Å². The van der Waals surface area contributed by atoms with E-state index in [4.69, 9.17) is 15.6 Å². The number of rotatable bonds is 7. The molecule has 2 aromatic carbocycles. The van der Waals surface area contributed by atoms with Crippen LogP contribution >= 0.6 is 0 Å². The van der Waals surface area contributed by atoms with Crippen LogP contribution in [0.15, 0.2) is 59.5 Å². The lowest BCUT2D eigenvalue weighted by Gasteiger charge is -2.07. The van der Waals surface area contributed by atoms with E-state index >= 15 is 0 Å². The number of halogens is 3. The van der Waals surface area contributed by atoms with Crippen LogP contribution in [0.1, 0.15) is 18.5 Å². The van der Waals surface area contributed by atoms with E-state index in [1.807, 2.05) is 30.5 Å². The minimum Gasteiger partial charge on any atom is -0.475 e. The average Bonchev–Trinajstić information content (AvgIpc) is 3.41. The maximum absolute atomic E-state index is 12.8. The minimum absolute atomic E-state index is 0.0985. The zero-order chi connectivity index (χ0) is 28.0. The SMILES string of the molecule is N#Cc1[nH]c(=O)n(-c2cccc([N+](=O)[O-])c2)c1-c1cn(CCCCN)c2ccccc12.O=C(O)C(F)(F)F. The number of alkyl halides is 3. The number of non-ortho nitro benzene ring substituents is 1. The van der Waals surface area contributed by atoms with Crippen molar-refractivity contribution < 1.29 is 28.0 Å². The number of nitrogens with two attached hydrogens (primary N) is 1. The number of unbranched alkanes of at least 4 members (excludes halogenated alkanes) is 1. The summed E-state index contributed by atoms with van der Waals surface area (Å²) in [6.07, 6.45) is -1.39. The fourth-order valence-electron chi connectivity index (χ4n) is 3.81. The summed E-state index contributed by atoms with van der Waals surface area (Å²) in [5.41, 5.74) is 7.41. The number of nitrogens with zero attached hydrogens (tertiary/aromatic N) is 4. The number of hydrogen-bond acceptors (Lipinski definition) is 6. The summed E-state index contributed by atoms with van der Waals surface area (Å²) in [6.45, 7) is 1.35. The van der Waals surface area contributed by atoms with Gasteiger partial charge in [0.15, 0.2) is 0 Å². The van der Waals surface area contributed by atoms with E-state index in [1.165, 1.54) is 22.8 Å². The Morgan fingerprint density at radius 2 is 1.87 bits per heavy atom. The molecule has 0 fully saturated rings. The predicted molar refractivity (Wildman–Crippen MR) is 131 cm³/mol. The number of aliphatic carboxylic acids is 1. The first-order chi connectivity index (χ1) is 18.0. The molecule has 198 valence electrons. The number of carbonyl (C=O) groups is 1. The van der Waals surface area contributed by atoms with Crippen molar-refractivity contribution in [2.24, 2.45) is 5.73 Å². The van der Waals surface area contributed by atoms with Gasteiger partial charge in [-0.1, -0.05) is 24.3 Å². The highest BCUT2D eigenvalue weighted by molar-refractivity contribution is 5.96. The van der Waals surface area contributed by atoms with Gasteiger partial charge < -0.3 is 15.4 Å². The largest absolute Gasteiger partial charge is 0.490 e. The number of imidazole rings is 1. The number of hydrogen-bond donors (Lipinski definition) is 3. The molecule has 0 spiro atoms. The Morgan fingerprint density at radius 3 is 2.47 bits per heavy atom. The Balaban J connectivity index is 0.000000505. The number of carboxylic acids is 1. The molecule has 4 rings (SSSR count). The summed E-state index contributed by atoms with van der Waals surface area (Å²) in [4.78, 5) is 35.0. The molecule has 0 radical (unpaired) electrons. The second kappa shape index (κ2) is 11.4. The zero-order valence-electron chi connectivity index (χ0n) is 19.6. The molecule has 0 saturated carbocycles. The summed E-state index contributed by atoms with van der Waals surface area (Å²) in [7, 11) is 0. The molecule has 38 heavy (non-hydrogen) atoms. The number of para-hydroxylation sites is 1. The molecule has 4 N–H and O–H groups in total. The third kappa shape index (κ3) is 5.90. The summed E-state index contributed by atoms with van der Waals surface area (Å²) in [6, 6.07) is 15.6. The van der Waals surface area contributed by atoms with Crippen molar-refractivity contribution in [3.8, 4) is 23.0 Å². The van der Waals surface area contributed by atoms with Gasteiger partial charge in [0.1, 0.15) is 11.8 Å². The number of aromatic nitrogens is 3. The van der Waals surface area contributed by atoms with Crippen molar-refractivity contribution in [3.05, 3.63) is 81.0 Å². The van der Waals surface area contributed by atoms with Crippen LogP contribution < -0.4 is 11.4 Å². The van der Waals surface area contributed by atoms with E-state index in [0.29, 0.717) is 23.5 Å². The van der Waals surface area contributed by atoms with E-state index in [1.54, 1.807) is 6.07 Å². The molecule has 14 heteroatoms. The van der Waals surface area contributed by atoms with Gasteiger partial charge in [-0.3, -0.25) is 19.7 Å². The number of nitro benzene ring substituents is 1. The quantitative estimate of drug-likeness (QED) is 0.184. The predicted octanol–water partition coefficient (Wildman–Crippen LogP) is 3.94. The molecule has 0 aliphatic heterocycles. The van der Waals surface area contributed by atoms with Crippen LogP contribution in [0.2, 0.25) is 0 Å². The van der Waals surface area contributed by atoms with E-state index in [-0.39, 0.29) is 11.4 Å².